The van der Waals surface area contributed by atoms with E-state index in [1.165, 1.54) is 0 Å². The highest BCUT2D eigenvalue weighted by molar-refractivity contribution is 6.69. The topological polar surface area (TPSA) is 59.6 Å². The van der Waals surface area contributed by atoms with E-state index >= 15 is 0 Å². The maximum atomic E-state index is 13.1. The van der Waals surface area contributed by atoms with Gasteiger partial charge in [-0.1, -0.05) is 16.8 Å². The van der Waals surface area contributed by atoms with Crippen LogP contribution in [-0.4, -0.2) is 38.6 Å². The van der Waals surface area contributed by atoms with E-state index in [9.17, 15) is 39.5 Å². The Kier molecular flexibility index (Phi) is 5.23. The minimum absolute atomic E-state index is 0.150. The lowest BCUT2D eigenvalue weighted by Crippen LogP contribution is -2.46. The highest BCUT2D eigenvalue weighted by Crippen LogP contribution is 2.43. The van der Waals surface area contributed by atoms with Crippen LogP contribution < -0.4 is 4.74 Å². The second kappa shape index (κ2) is 6.22. The molecule has 0 fully saturated rings. The normalized spacial score (nSPS) is 15.5. The van der Waals surface area contributed by atoms with Crippen molar-refractivity contribution in [3.63, 3.8) is 0 Å². The number of alkyl halides is 9. The molecular weight excluding hydrogens is 389 g/mol. The first-order chi connectivity index (χ1) is 10.6. The molecule has 0 saturated carbocycles. The molecule has 1 unspecified atom stereocenters. The van der Waals surface area contributed by atoms with Crippen LogP contribution in [0.25, 0.3) is 0 Å². The first-order valence-corrected chi connectivity index (χ1v) is 5.80. The highest BCUT2D eigenvalue weighted by Gasteiger charge is 2.60. The molecule has 0 aliphatic rings. The molecule has 0 amide bonds. The van der Waals surface area contributed by atoms with Crippen LogP contribution >= 0.6 is 11.6 Å². The van der Waals surface area contributed by atoms with Gasteiger partial charge in [-0.2, -0.15) is 35.1 Å². The van der Waals surface area contributed by atoms with E-state index in [-0.39, 0.29) is 4.68 Å². The lowest BCUT2D eigenvalue weighted by molar-refractivity contribution is -0.306. The van der Waals surface area contributed by atoms with Crippen molar-refractivity contribution in [1.29, 1.82) is 0 Å². The van der Waals surface area contributed by atoms with Gasteiger partial charge in [0.1, 0.15) is 11.3 Å². The number of oxime groups is 1. The summed E-state index contributed by atoms with van der Waals surface area (Å²) in [7, 11) is 0.708. The van der Waals surface area contributed by atoms with Crippen molar-refractivity contribution >= 4 is 16.8 Å². The molecule has 1 N–H and O–H groups in total. The van der Waals surface area contributed by atoms with Crippen LogP contribution in [0.4, 0.5) is 39.5 Å². The zero-order valence-electron chi connectivity index (χ0n) is 11.1. The molecule has 0 spiro atoms. The van der Waals surface area contributed by atoms with Gasteiger partial charge in [-0.25, -0.2) is 4.39 Å². The highest BCUT2D eigenvalue weighted by atomic mass is 35.5. The Morgan fingerprint density at radius 2 is 1.71 bits per heavy atom. The molecule has 1 aromatic rings. The third-order valence-corrected chi connectivity index (χ3v) is 2.65. The molecule has 15 heteroatoms. The SMILES string of the molecule is Cn1nc(OC(F)(F)C(F)C(F)(F)F)c(C(F)(F)F)c1/C(Cl)=N/O. The van der Waals surface area contributed by atoms with Crippen LogP contribution in [0.2, 0.25) is 0 Å². The molecular formula is C9H5ClF9N3O2. The predicted molar refractivity (Wildman–Crippen MR) is 58.9 cm³/mol. The number of hydrogen-bond acceptors (Lipinski definition) is 4. The van der Waals surface area contributed by atoms with E-state index in [2.05, 4.69) is 15.0 Å². The first-order valence-electron chi connectivity index (χ1n) is 5.42. The van der Waals surface area contributed by atoms with Crippen molar-refractivity contribution < 1.29 is 49.5 Å². The van der Waals surface area contributed by atoms with Gasteiger partial charge in [0, 0.05) is 7.05 Å². The van der Waals surface area contributed by atoms with Gasteiger partial charge in [0.25, 0.3) is 12.1 Å². The summed E-state index contributed by atoms with van der Waals surface area (Å²) < 4.78 is 117. The largest absolute Gasteiger partial charge is 0.440 e. The van der Waals surface area contributed by atoms with E-state index in [0.29, 0.717) is 7.05 Å². The number of aromatic nitrogens is 2. The van der Waals surface area contributed by atoms with Crippen LogP contribution in [0.15, 0.2) is 5.16 Å². The van der Waals surface area contributed by atoms with Gasteiger partial charge in [0.2, 0.25) is 0 Å². The Morgan fingerprint density at radius 1 is 1.21 bits per heavy atom. The minimum atomic E-state index is -6.11. The van der Waals surface area contributed by atoms with E-state index in [4.69, 9.17) is 16.8 Å². The van der Waals surface area contributed by atoms with E-state index in [1.54, 1.807) is 0 Å². The third-order valence-electron chi connectivity index (χ3n) is 2.40. The molecule has 0 bridgehead atoms. The summed E-state index contributed by atoms with van der Waals surface area (Å²) in [5.74, 6) is -2.08. The molecule has 0 aliphatic heterocycles. The second-order valence-electron chi connectivity index (χ2n) is 4.11. The number of halogens is 10. The smallest absolute Gasteiger partial charge is 0.410 e. The number of nitrogens with zero attached hydrogens (tertiary/aromatic N) is 3. The number of aryl methyl sites for hydroxylation is 1. The van der Waals surface area contributed by atoms with Gasteiger partial charge < -0.3 is 9.94 Å². The number of rotatable bonds is 4. The van der Waals surface area contributed by atoms with Gasteiger partial charge in [-0.15, -0.1) is 5.10 Å². The number of ether oxygens (including phenoxy) is 1. The third kappa shape index (κ3) is 3.96. The summed E-state index contributed by atoms with van der Waals surface area (Å²) in [6.45, 7) is 0. The fourth-order valence-corrected chi connectivity index (χ4v) is 1.70. The molecule has 5 nitrogen and oxygen atoms in total. The molecule has 0 saturated heterocycles. The quantitative estimate of drug-likeness (QED) is 0.367. The average Bonchev–Trinajstić information content (AvgIpc) is 2.71. The summed E-state index contributed by atoms with van der Waals surface area (Å²) in [6.07, 6.45) is -22.3. The molecule has 1 aromatic heterocycles. The van der Waals surface area contributed by atoms with E-state index < -0.39 is 46.9 Å². The van der Waals surface area contributed by atoms with Gasteiger partial charge in [-0.05, 0) is 0 Å². The molecule has 24 heavy (non-hydrogen) atoms. The van der Waals surface area contributed by atoms with Crippen molar-refractivity contribution in [2.75, 3.05) is 0 Å². The molecule has 138 valence electrons. The van der Waals surface area contributed by atoms with Crippen molar-refractivity contribution in [2.24, 2.45) is 12.2 Å². The molecule has 0 aliphatic carbocycles. The molecule has 1 heterocycles. The van der Waals surface area contributed by atoms with Crippen LogP contribution in [-0.2, 0) is 13.2 Å². The summed E-state index contributed by atoms with van der Waals surface area (Å²) in [4.78, 5) is 0. The Morgan fingerprint density at radius 3 is 2.08 bits per heavy atom. The van der Waals surface area contributed by atoms with Crippen LogP contribution in [0.3, 0.4) is 0 Å². The molecule has 0 aromatic carbocycles. The Hall–Kier alpha value is -1.86. The first kappa shape index (κ1) is 20.2. The zero-order valence-corrected chi connectivity index (χ0v) is 11.8. The number of hydrogen-bond donors (Lipinski definition) is 1. The second-order valence-corrected chi connectivity index (χ2v) is 4.47. The van der Waals surface area contributed by atoms with Crippen LogP contribution in [0.5, 0.6) is 5.88 Å². The fourth-order valence-electron chi connectivity index (χ4n) is 1.48. The van der Waals surface area contributed by atoms with Crippen LogP contribution in [0.1, 0.15) is 11.3 Å². The summed E-state index contributed by atoms with van der Waals surface area (Å²) in [6, 6.07) is 0. The summed E-state index contributed by atoms with van der Waals surface area (Å²) in [5, 5.41) is 12.1. The Balaban J connectivity index is 3.46. The van der Waals surface area contributed by atoms with Gasteiger partial charge in [0.15, 0.2) is 5.17 Å². The fraction of sp³-hybridized carbons (Fsp3) is 0.556. The monoisotopic (exact) mass is 393 g/mol. The summed E-state index contributed by atoms with van der Waals surface area (Å²) in [5.41, 5.74) is -3.47. The lowest BCUT2D eigenvalue weighted by Gasteiger charge is -2.22. The lowest BCUT2D eigenvalue weighted by atomic mass is 10.2. The standard InChI is InChI=1S/C9H5ClF9N3O2/c1-22-3(4(10)21-23)2(7(12,13)14)5(20-22)24-9(18,19)6(11)8(15,16)17/h6,23H,1H3/b21-4-. The van der Waals surface area contributed by atoms with E-state index in [0.717, 1.165) is 0 Å². The maximum absolute atomic E-state index is 13.1. The molecule has 1 atom stereocenters. The Bertz CT molecular complexity index is 637. The molecule has 1 rings (SSSR count). The van der Waals surface area contributed by atoms with Gasteiger partial charge in [-0.3, -0.25) is 4.68 Å². The van der Waals surface area contributed by atoms with Crippen molar-refractivity contribution in [3.05, 3.63) is 11.3 Å². The zero-order chi connectivity index (χ0) is 19.1. The average molecular weight is 394 g/mol. The minimum Gasteiger partial charge on any atom is -0.410 e. The van der Waals surface area contributed by atoms with Crippen molar-refractivity contribution in [3.8, 4) is 5.88 Å². The van der Waals surface area contributed by atoms with Gasteiger partial charge >= 0.3 is 18.5 Å². The van der Waals surface area contributed by atoms with Crippen molar-refractivity contribution in [2.45, 2.75) is 24.6 Å². The molecule has 0 radical (unpaired) electrons. The summed E-state index contributed by atoms with van der Waals surface area (Å²) >= 11 is 5.17. The Labute approximate surface area is 131 Å². The van der Waals surface area contributed by atoms with Crippen molar-refractivity contribution in [1.82, 2.24) is 9.78 Å². The van der Waals surface area contributed by atoms with Crippen LogP contribution in [0, 0.1) is 0 Å². The van der Waals surface area contributed by atoms with Gasteiger partial charge in [0.05, 0.1) is 0 Å². The van der Waals surface area contributed by atoms with E-state index in [1.807, 2.05) is 0 Å². The maximum Gasteiger partial charge on any atom is 0.440 e. The predicted octanol–water partition coefficient (Wildman–Crippen LogP) is 3.69.